The van der Waals surface area contributed by atoms with Gasteiger partial charge in [-0.2, -0.15) is 13.2 Å². The molecule has 1 atom stereocenters. The molecule has 2 aromatic carbocycles. The fourth-order valence-corrected chi connectivity index (χ4v) is 4.13. The number of fused-ring (bicyclic) bond motifs is 3. The third-order valence-corrected chi connectivity index (χ3v) is 5.76. The zero-order valence-corrected chi connectivity index (χ0v) is 19.3. The van der Waals surface area contributed by atoms with E-state index in [0.717, 1.165) is 22.3 Å². The molecule has 1 aliphatic rings. The number of amides is 2. The van der Waals surface area contributed by atoms with Crippen molar-refractivity contribution in [1.29, 1.82) is 0 Å². The SMILES string of the molecule is CC(C)(CNC(=O)OCC1c2ccccc2-c2ccccc21)CC(=O)NC(CC(F)(F)F)C(=O)O. The van der Waals surface area contributed by atoms with Crippen LogP contribution in [-0.4, -0.2) is 48.4 Å². The number of carboxylic acids is 1. The first-order chi connectivity index (χ1) is 16.4. The van der Waals surface area contributed by atoms with E-state index in [1.54, 1.807) is 13.8 Å². The molecule has 2 aromatic rings. The number of hydrogen-bond acceptors (Lipinski definition) is 4. The second kappa shape index (κ2) is 10.4. The molecule has 3 N–H and O–H groups in total. The highest BCUT2D eigenvalue weighted by molar-refractivity contribution is 5.84. The smallest absolute Gasteiger partial charge is 0.407 e. The summed E-state index contributed by atoms with van der Waals surface area (Å²) in [5.74, 6) is -2.75. The number of halogens is 3. The number of alkyl halides is 3. The number of aliphatic carboxylic acids is 1. The van der Waals surface area contributed by atoms with Crippen molar-refractivity contribution in [2.75, 3.05) is 13.2 Å². The number of carbonyl (C=O) groups excluding carboxylic acids is 2. The van der Waals surface area contributed by atoms with Crippen LogP contribution in [0.3, 0.4) is 0 Å². The number of hydrogen-bond donors (Lipinski definition) is 3. The van der Waals surface area contributed by atoms with Crippen LogP contribution >= 0.6 is 0 Å². The molecule has 0 saturated heterocycles. The molecule has 188 valence electrons. The predicted octanol–water partition coefficient (Wildman–Crippen LogP) is 4.46. The van der Waals surface area contributed by atoms with Gasteiger partial charge in [0.05, 0.1) is 6.42 Å². The number of ether oxygens (including phenoxy) is 1. The maximum atomic E-state index is 12.5. The minimum absolute atomic E-state index is 0.00585. The molecule has 1 unspecified atom stereocenters. The summed E-state index contributed by atoms with van der Waals surface area (Å²) in [6.07, 6.45) is -7.40. The Labute approximate surface area is 200 Å². The zero-order chi connectivity index (χ0) is 25.8. The Hall–Kier alpha value is -3.56. The van der Waals surface area contributed by atoms with Crippen LogP contribution in [0.1, 0.15) is 43.7 Å². The molecule has 0 aliphatic heterocycles. The molecule has 0 heterocycles. The van der Waals surface area contributed by atoms with Crippen LogP contribution in [0.4, 0.5) is 18.0 Å². The molecule has 0 radical (unpaired) electrons. The van der Waals surface area contributed by atoms with Crippen molar-refractivity contribution in [3.63, 3.8) is 0 Å². The molecular formula is C25H27F3N2O5. The average molecular weight is 492 g/mol. The van der Waals surface area contributed by atoms with Crippen molar-refractivity contribution >= 4 is 18.0 Å². The Kier molecular flexibility index (Phi) is 7.72. The molecule has 7 nitrogen and oxygen atoms in total. The zero-order valence-electron chi connectivity index (χ0n) is 19.3. The normalized spacial score (nSPS) is 14.0. The fraction of sp³-hybridized carbons (Fsp3) is 0.400. The highest BCUT2D eigenvalue weighted by Gasteiger charge is 2.37. The first-order valence-corrected chi connectivity index (χ1v) is 11.0. The summed E-state index contributed by atoms with van der Waals surface area (Å²) >= 11 is 0. The number of carbonyl (C=O) groups is 3. The van der Waals surface area contributed by atoms with Crippen molar-refractivity contribution in [1.82, 2.24) is 10.6 Å². The number of carboxylic acid groups (broad SMARTS) is 1. The molecule has 35 heavy (non-hydrogen) atoms. The molecule has 1 aliphatic carbocycles. The van der Waals surface area contributed by atoms with Gasteiger partial charge in [0, 0.05) is 18.9 Å². The highest BCUT2D eigenvalue weighted by Crippen LogP contribution is 2.44. The quantitative estimate of drug-likeness (QED) is 0.479. The molecule has 0 spiro atoms. The summed E-state index contributed by atoms with van der Waals surface area (Å²) in [5, 5.41) is 13.4. The van der Waals surface area contributed by atoms with Gasteiger partial charge in [0.25, 0.3) is 0 Å². The largest absolute Gasteiger partial charge is 0.480 e. The van der Waals surface area contributed by atoms with E-state index in [-0.39, 0.29) is 25.5 Å². The van der Waals surface area contributed by atoms with Crippen LogP contribution < -0.4 is 10.6 Å². The van der Waals surface area contributed by atoms with Gasteiger partial charge in [0.1, 0.15) is 12.6 Å². The summed E-state index contributed by atoms with van der Waals surface area (Å²) in [6.45, 7) is 3.35. The first-order valence-electron chi connectivity index (χ1n) is 11.0. The standard InChI is InChI=1S/C25H27F3N2O5/c1-24(2,12-21(31)30-20(22(32)33)11-25(26,27)28)14-29-23(34)35-13-19-17-9-5-3-7-15(17)16-8-4-6-10-18(16)19/h3-10,19-20H,11-14H2,1-2H3,(H,29,34)(H,30,31)(H,32,33). The van der Waals surface area contributed by atoms with Crippen molar-refractivity contribution in [3.8, 4) is 11.1 Å². The first kappa shape index (κ1) is 26.1. The predicted molar refractivity (Wildman–Crippen MR) is 122 cm³/mol. The van der Waals surface area contributed by atoms with E-state index in [2.05, 4.69) is 5.32 Å². The monoisotopic (exact) mass is 492 g/mol. The van der Waals surface area contributed by atoms with E-state index in [4.69, 9.17) is 9.84 Å². The Morgan fingerprint density at radius 1 is 1.00 bits per heavy atom. The van der Waals surface area contributed by atoms with Crippen molar-refractivity contribution < 1.29 is 37.4 Å². The van der Waals surface area contributed by atoms with Gasteiger partial charge in [-0.25, -0.2) is 9.59 Å². The number of alkyl carbamates (subject to hydrolysis) is 1. The maximum Gasteiger partial charge on any atom is 0.407 e. The van der Waals surface area contributed by atoms with Gasteiger partial charge in [-0.3, -0.25) is 4.79 Å². The van der Waals surface area contributed by atoms with Crippen LogP contribution in [0, 0.1) is 5.41 Å². The van der Waals surface area contributed by atoms with Gasteiger partial charge in [-0.05, 0) is 27.7 Å². The Balaban J connectivity index is 1.51. The van der Waals surface area contributed by atoms with Crippen LogP contribution in [0.5, 0.6) is 0 Å². The summed E-state index contributed by atoms with van der Waals surface area (Å²) in [5.41, 5.74) is 3.44. The number of rotatable bonds is 9. The van der Waals surface area contributed by atoms with Crippen LogP contribution in [0.2, 0.25) is 0 Å². The van der Waals surface area contributed by atoms with Crippen LogP contribution in [0.15, 0.2) is 48.5 Å². The van der Waals surface area contributed by atoms with Crippen LogP contribution in [-0.2, 0) is 14.3 Å². The van der Waals surface area contributed by atoms with Gasteiger partial charge < -0.3 is 20.5 Å². The molecule has 3 rings (SSSR count). The van der Waals surface area contributed by atoms with Crippen molar-refractivity contribution in [3.05, 3.63) is 59.7 Å². The lowest BCUT2D eigenvalue weighted by atomic mass is 9.88. The lowest BCUT2D eigenvalue weighted by Crippen LogP contribution is -2.46. The number of benzene rings is 2. The topological polar surface area (TPSA) is 105 Å². The van der Waals surface area contributed by atoms with E-state index >= 15 is 0 Å². The molecule has 10 heteroatoms. The number of nitrogens with one attached hydrogen (secondary N) is 2. The fourth-order valence-electron chi connectivity index (χ4n) is 4.13. The molecular weight excluding hydrogens is 465 g/mol. The lowest BCUT2D eigenvalue weighted by molar-refractivity contribution is -0.160. The second-order valence-electron chi connectivity index (χ2n) is 9.30. The van der Waals surface area contributed by atoms with Gasteiger partial charge in [-0.1, -0.05) is 62.4 Å². The summed E-state index contributed by atoms with van der Waals surface area (Å²) in [6, 6.07) is 13.7. The molecule has 2 amide bonds. The molecule has 0 bridgehead atoms. The molecule has 0 aromatic heterocycles. The lowest BCUT2D eigenvalue weighted by Gasteiger charge is -2.25. The van der Waals surface area contributed by atoms with Crippen LogP contribution in [0.25, 0.3) is 11.1 Å². The third kappa shape index (κ3) is 6.97. The van der Waals surface area contributed by atoms with Crippen molar-refractivity contribution in [2.45, 2.75) is 44.8 Å². The van der Waals surface area contributed by atoms with E-state index in [1.165, 1.54) is 0 Å². The van der Waals surface area contributed by atoms with E-state index < -0.39 is 42.0 Å². The Morgan fingerprint density at radius 3 is 2.06 bits per heavy atom. The van der Waals surface area contributed by atoms with Gasteiger partial charge in [-0.15, -0.1) is 0 Å². The molecule has 0 fully saturated rings. The van der Waals surface area contributed by atoms with Gasteiger partial charge >= 0.3 is 18.2 Å². The second-order valence-corrected chi connectivity index (χ2v) is 9.30. The minimum atomic E-state index is -4.74. The highest BCUT2D eigenvalue weighted by atomic mass is 19.4. The molecule has 0 saturated carbocycles. The minimum Gasteiger partial charge on any atom is -0.480 e. The maximum absolute atomic E-state index is 12.5. The summed E-state index contributed by atoms with van der Waals surface area (Å²) in [4.78, 5) is 35.5. The summed E-state index contributed by atoms with van der Waals surface area (Å²) < 4.78 is 43.0. The third-order valence-electron chi connectivity index (χ3n) is 5.76. The van der Waals surface area contributed by atoms with Gasteiger partial charge in [0.15, 0.2) is 0 Å². The van der Waals surface area contributed by atoms with E-state index in [1.807, 2.05) is 53.8 Å². The van der Waals surface area contributed by atoms with E-state index in [0.29, 0.717) is 0 Å². The average Bonchev–Trinajstić information content (AvgIpc) is 3.08. The van der Waals surface area contributed by atoms with Crippen molar-refractivity contribution in [2.24, 2.45) is 5.41 Å². The summed E-state index contributed by atoms with van der Waals surface area (Å²) in [7, 11) is 0. The Morgan fingerprint density at radius 2 is 1.54 bits per heavy atom. The Bertz CT molecular complexity index is 1060. The van der Waals surface area contributed by atoms with E-state index in [9.17, 15) is 27.6 Å². The van der Waals surface area contributed by atoms with Gasteiger partial charge in [0.2, 0.25) is 5.91 Å².